The van der Waals surface area contributed by atoms with Crippen LogP contribution in [0.4, 0.5) is 0 Å². The molecule has 0 radical (unpaired) electrons. The quantitative estimate of drug-likeness (QED) is 0.787. The number of aryl methyl sites for hydroxylation is 1. The average molecular weight is 329 g/mol. The van der Waals surface area contributed by atoms with Gasteiger partial charge in [-0.2, -0.15) is 0 Å². The fraction of sp³-hybridized carbons (Fsp3) is 0.136. The van der Waals surface area contributed by atoms with Crippen molar-refractivity contribution >= 4 is 5.91 Å². The van der Waals surface area contributed by atoms with Gasteiger partial charge in [-0.15, -0.1) is 0 Å². The van der Waals surface area contributed by atoms with E-state index in [0.29, 0.717) is 0 Å². The standard InChI is InChI=1S/C22H19NO2/c1-15-7-9-16(10-8-15)22(17-11-13-18(25-2)14-12-17)20-6-4-3-5-19(20)21(24)23-22/h3-14H,1-2H3,(H,23,24)/t22-/m0/s1. The topological polar surface area (TPSA) is 38.3 Å². The molecule has 4 rings (SSSR count). The molecule has 0 spiro atoms. The summed E-state index contributed by atoms with van der Waals surface area (Å²) in [7, 11) is 1.65. The Balaban J connectivity index is 1.99. The predicted molar refractivity (Wildman–Crippen MR) is 98.0 cm³/mol. The molecule has 0 aliphatic carbocycles. The van der Waals surface area contributed by atoms with Crippen LogP contribution < -0.4 is 10.1 Å². The number of hydrogen-bond acceptors (Lipinski definition) is 2. The molecule has 1 N–H and O–H groups in total. The number of hydrogen-bond donors (Lipinski definition) is 1. The molecular weight excluding hydrogens is 310 g/mol. The normalized spacial score (nSPS) is 18.6. The summed E-state index contributed by atoms with van der Waals surface area (Å²) in [6, 6.07) is 24.0. The number of benzene rings is 3. The van der Waals surface area contributed by atoms with Gasteiger partial charge in [0.15, 0.2) is 0 Å². The van der Waals surface area contributed by atoms with Crippen molar-refractivity contribution in [3.8, 4) is 5.75 Å². The van der Waals surface area contributed by atoms with Crippen LogP contribution in [-0.4, -0.2) is 13.0 Å². The highest BCUT2D eigenvalue weighted by Gasteiger charge is 2.45. The Kier molecular flexibility index (Phi) is 3.57. The zero-order chi connectivity index (χ0) is 17.4. The molecule has 1 atom stereocenters. The van der Waals surface area contributed by atoms with Gasteiger partial charge in [-0.25, -0.2) is 0 Å². The first-order valence-electron chi connectivity index (χ1n) is 8.29. The van der Waals surface area contributed by atoms with Crippen molar-refractivity contribution in [3.05, 3.63) is 101 Å². The molecule has 1 amide bonds. The third-order valence-electron chi connectivity index (χ3n) is 4.88. The van der Waals surface area contributed by atoms with Crippen LogP contribution in [0.5, 0.6) is 5.75 Å². The second-order valence-electron chi connectivity index (χ2n) is 6.34. The van der Waals surface area contributed by atoms with Gasteiger partial charge in [0.1, 0.15) is 11.3 Å². The zero-order valence-electron chi connectivity index (χ0n) is 14.2. The van der Waals surface area contributed by atoms with E-state index in [1.807, 2.05) is 48.5 Å². The first-order chi connectivity index (χ1) is 12.1. The molecular formula is C22H19NO2. The lowest BCUT2D eigenvalue weighted by Gasteiger charge is -2.32. The second-order valence-corrected chi connectivity index (χ2v) is 6.34. The fourth-order valence-electron chi connectivity index (χ4n) is 3.58. The van der Waals surface area contributed by atoms with Crippen molar-refractivity contribution < 1.29 is 9.53 Å². The summed E-state index contributed by atoms with van der Waals surface area (Å²) in [4.78, 5) is 12.7. The van der Waals surface area contributed by atoms with E-state index in [1.165, 1.54) is 5.56 Å². The van der Waals surface area contributed by atoms with Gasteiger partial charge >= 0.3 is 0 Å². The van der Waals surface area contributed by atoms with E-state index in [-0.39, 0.29) is 5.91 Å². The van der Waals surface area contributed by atoms with Crippen LogP contribution in [0.15, 0.2) is 72.8 Å². The molecule has 1 aliphatic rings. The third-order valence-corrected chi connectivity index (χ3v) is 4.88. The Hall–Kier alpha value is -3.07. The highest BCUT2D eigenvalue weighted by molar-refractivity contribution is 6.01. The molecule has 3 aromatic carbocycles. The zero-order valence-corrected chi connectivity index (χ0v) is 14.2. The van der Waals surface area contributed by atoms with E-state index in [9.17, 15) is 4.79 Å². The molecule has 3 heteroatoms. The Bertz CT molecular complexity index is 929. The van der Waals surface area contributed by atoms with Gasteiger partial charge in [0.25, 0.3) is 5.91 Å². The first-order valence-corrected chi connectivity index (χ1v) is 8.29. The Morgan fingerprint density at radius 2 is 1.44 bits per heavy atom. The predicted octanol–water partition coefficient (Wildman–Crippen LogP) is 4.04. The number of carbonyl (C=O) groups excluding carboxylic acids is 1. The van der Waals surface area contributed by atoms with Crippen LogP contribution in [0.2, 0.25) is 0 Å². The monoisotopic (exact) mass is 329 g/mol. The summed E-state index contributed by atoms with van der Waals surface area (Å²) in [5.74, 6) is 0.743. The lowest BCUT2D eigenvalue weighted by atomic mass is 9.78. The lowest BCUT2D eigenvalue weighted by molar-refractivity contribution is 0.0948. The molecule has 0 saturated heterocycles. The molecule has 0 fully saturated rings. The maximum absolute atomic E-state index is 12.7. The number of ether oxygens (including phenoxy) is 1. The average Bonchev–Trinajstić information content (AvgIpc) is 2.96. The van der Waals surface area contributed by atoms with Crippen molar-refractivity contribution in [1.29, 1.82) is 0 Å². The van der Waals surface area contributed by atoms with E-state index >= 15 is 0 Å². The van der Waals surface area contributed by atoms with Gasteiger partial charge in [-0.05, 0) is 41.8 Å². The minimum Gasteiger partial charge on any atom is -0.497 e. The van der Waals surface area contributed by atoms with Crippen LogP contribution in [-0.2, 0) is 5.54 Å². The molecule has 0 saturated carbocycles. The van der Waals surface area contributed by atoms with Crippen LogP contribution in [0.3, 0.4) is 0 Å². The number of rotatable bonds is 3. The Morgan fingerprint density at radius 1 is 0.840 bits per heavy atom. The Labute approximate surface area is 147 Å². The van der Waals surface area contributed by atoms with Crippen LogP contribution in [0.25, 0.3) is 0 Å². The summed E-state index contributed by atoms with van der Waals surface area (Å²) in [6.45, 7) is 2.06. The maximum atomic E-state index is 12.7. The van der Waals surface area contributed by atoms with E-state index in [2.05, 4.69) is 36.5 Å². The summed E-state index contributed by atoms with van der Waals surface area (Å²) in [5.41, 5.74) is 4.25. The van der Waals surface area contributed by atoms with Gasteiger partial charge in [-0.1, -0.05) is 60.2 Å². The molecule has 3 aromatic rings. The van der Waals surface area contributed by atoms with Crippen molar-refractivity contribution in [2.24, 2.45) is 0 Å². The summed E-state index contributed by atoms with van der Waals surface area (Å²) < 4.78 is 5.29. The summed E-state index contributed by atoms with van der Waals surface area (Å²) >= 11 is 0. The van der Waals surface area contributed by atoms with Gasteiger partial charge in [0, 0.05) is 5.56 Å². The molecule has 25 heavy (non-hydrogen) atoms. The van der Waals surface area contributed by atoms with Crippen LogP contribution in [0.1, 0.15) is 32.6 Å². The number of methoxy groups -OCH3 is 1. The number of carbonyl (C=O) groups is 1. The molecule has 0 bridgehead atoms. The van der Waals surface area contributed by atoms with Crippen molar-refractivity contribution in [3.63, 3.8) is 0 Å². The molecule has 0 aromatic heterocycles. The molecule has 124 valence electrons. The summed E-state index contributed by atoms with van der Waals surface area (Å²) in [5, 5.41) is 3.24. The molecule has 0 unspecified atom stereocenters. The van der Waals surface area contributed by atoms with E-state index < -0.39 is 5.54 Å². The van der Waals surface area contributed by atoms with Crippen LogP contribution >= 0.6 is 0 Å². The van der Waals surface area contributed by atoms with Gasteiger partial charge in [0.05, 0.1) is 7.11 Å². The molecule has 3 nitrogen and oxygen atoms in total. The second kappa shape index (κ2) is 5.78. The lowest BCUT2D eigenvalue weighted by Crippen LogP contribution is -2.41. The highest BCUT2D eigenvalue weighted by atomic mass is 16.5. The van der Waals surface area contributed by atoms with Crippen molar-refractivity contribution in [2.45, 2.75) is 12.5 Å². The fourth-order valence-corrected chi connectivity index (χ4v) is 3.58. The van der Waals surface area contributed by atoms with Gasteiger partial charge in [-0.3, -0.25) is 4.79 Å². The first kappa shape index (κ1) is 15.5. The minimum absolute atomic E-state index is 0.0491. The molecule has 1 heterocycles. The van der Waals surface area contributed by atoms with Crippen molar-refractivity contribution in [1.82, 2.24) is 5.32 Å². The Morgan fingerprint density at radius 3 is 2.08 bits per heavy atom. The largest absolute Gasteiger partial charge is 0.497 e. The molecule has 1 aliphatic heterocycles. The SMILES string of the molecule is COc1ccc([C@]2(c3ccc(C)cc3)NC(=O)c3ccccc32)cc1. The van der Waals surface area contributed by atoms with Gasteiger partial charge in [0.2, 0.25) is 0 Å². The van der Waals surface area contributed by atoms with E-state index in [0.717, 1.165) is 28.0 Å². The highest BCUT2D eigenvalue weighted by Crippen LogP contribution is 2.42. The minimum atomic E-state index is -0.687. The third kappa shape index (κ3) is 2.31. The maximum Gasteiger partial charge on any atom is 0.252 e. The number of fused-ring (bicyclic) bond motifs is 1. The number of nitrogens with one attached hydrogen (secondary N) is 1. The van der Waals surface area contributed by atoms with E-state index in [4.69, 9.17) is 4.74 Å². The summed E-state index contributed by atoms with van der Waals surface area (Å²) in [6.07, 6.45) is 0. The van der Waals surface area contributed by atoms with Gasteiger partial charge < -0.3 is 10.1 Å². The smallest absolute Gasteiger partial charge is 0.252 e. The van der Waals surface area contributed by atoms with Crippen molar-refractivity contribution in [2.75, 3.05) is 7.11 Å². The van der Waals surface area contributed by atoms with E-state index in [1.54, 1.807) is 7.11 Å². The van der Waals surface area contributed by atoms with Crippen LogP contribution in [0, 0.1) is 6.92 Å². The number of amides is 1.